The lowest BCUT2D eigenvalue weighted by Crippen LogP contribution is -2.45. The maximum Gasteiger partial charge on any atom is 0.310 e. The van der Waals surface area contributed by atoms with E-state index in [4.69, 9.17) is 17.4 Å². The first kappa shape index (κ1) is 6.29. The second-order valence-corrected chi connectivity index (χ2v) is 2.15. The van der Waals surface area contributed by atoms with Crippen LogP contribution in [0.25, 0.3) is 0 Å². The number of halogens is 1. The van der Waals surface area contributed by atoms with Gasteiger partial charge >= 0.3 is 6.33 Å². The van der Waals surface area contributed by atoms with Gasteiger partial charge in [0.1, 0.15) is 0 Å². The van der Waals surface area contributed by atoms with Gasteiger partial charge < -0.3 is 0 Å². The van der Waals surface area contributed by atoms with Crippen molar-refractivity contribution >= 4 is 11.6 Å². The summed E-state index contributed by atoms with van der Waals surface area (Å²) >= 11 is 5.61. The van der Waals surface area contributed by atoms with Crippen molar-refractivity contribution in [3.8, 4) is 0 Å². The van der Waals surface area contributed by atoms with Gasteiger partial charge in [0.2, 0.25) is 5.15 Å². The van der Waals surface area contributed by atoms with Crippen LogP contribution in [0.3, 0.4) is 0 Å². The molecular formula is C5H7ClN3+. The van der Waals surface area contributed by atoms with Gasteiger partial charge in [0, 0.05) is 13.0 Å². The van der Waals surface area contributed by atoms with E-state index in [1.54, 1.807) is 6.07 Å². The van der Waals surface area contributed by atoms with Gasteiger partial charge in [-0.2, -0.15) is 0 Å². The van der Waals surface area contributed by atoms with E-state index in [-0.39, 0.29) is 0 Å². The van der Waals surface area contributed by atoms with Crippen LogP contribution in [0.2, 0.25) is 5.15 Å². The minimum Gasteiger partial charge on any atom is -0.268 e. The van der Waals surface area contributed by atoms with Crippen LogP contribution in [0.4, 0.5) is 0 Å². The van der Waals surface area contributed by atoms with Gasteiger partial charge in [-0.05, 0) is 11.6 Å². The van der Waals surface area contributed by atoms with Crippen molar-refractivity contribution in [1.29, 1.82) is 0 Å². The summed E-state index contributed by atoms with van der Waals surface area (Å²) in [5.74, 6) is 5.31. The molecule has 0 unspecified atom stereocenters. The number of hydrogen-bond acceptors (Lipinski definition) is 2. The molecule has 9 heavy (non-hydrogen) atoms. The maximum absolute atomic E-state index is 5.61. The zero-order chi connectivity index (χ0) is 6.85. The Kier molecular flexibility index (Phi) is 1.53. The minimum absolute atomic E-state index is 0.488. The van der Waals surface area contributed by atoms with Crippen LogP contribution in [-0.2, 0) is 0 Å². The molecular weight excluding hydrogens is 138 g/mol. The highest BCUT2D eigenvalue weighted by Gasteiger charge is 2.01. The van der Waals surface area contributed by atoms with E-state index in [1.807, 2.05) is 6.92 Å². The molecule has 0 spiro atoms. The molecule has 0 amide bonds. The largest absolute Gasteiger partial charge is 0.310 e. The molecule has 0 fully saturated rings. The highest BCUT2D eigenvalue weighted by molar-refractivity contribution is 6.28. The van der Waals surface area contributed by atoms with Crippen LogP contribution < -0.4 is 10.5 Å². The topological polar surface area (TPSA) is 42.8 Å². The van der Waals surface area contributed by atoms with Crippen LogP contribution in [0, 0.1) is 6.92 Å². The Morgan fingerprint density at radius 1 is 1.78 bits per heavy atom. The van der Waals surface area contributed by atoms with Gasteiger partial charge in [-0.25, -0.2) is 0 Å². The fourth-order valence-corrected chi connectivity index (χ4v) is 0.694. The summed E-state index contributed by atoms with van der Waals surface area (Å²) < 4.78 is 1.26. The Labute approximate surface area is 58.1 Å². The third-order valence-electron chi connectivity index (χ3n) is 0.960. The fraction of sp³-hybridized carbons (Fsp3) is 0.200. The van der Waals surface area contributed by atoms with Crippen LogP contribution in [0.5, 0.6) is 0 Å². The number of nitrogens with two attached hydrogens (primary N) is 1. The summed E-state index contributed by atoms with van der Waals surface area (Å²) in [4.78, 5) is 3.89. The maximum atomic E-state index is 5.61. The van der Waals surface area contributed by atoms with Gasteiger partial charge in [0.05, 0.1) is 0 Å². The van der Waals surface area contributed by atoms with Crippen molar-refractivity contribution in [3.05, 3.63) is 23.2 Å². The molecule has 0 saturated heterocycles. The number of hydrogen-bond donors (Lipinski definition) is 1. The first-order valence-corrected chi connectivity index (χ1v) is 2.87. The summed E-state index contributed by atoms with van der Waals surface area (Å²) in [7, 11) is 0. The Hall–Kier alpha value is -0.830. The van der Waals surface area contributed by atoms with E-state index >= 15 is 0 Å². The zero-order valence-corrected chi connectivity index (χ0v) is 5.76. The van der Waals surface area contributed by atoms with Gasteiger partial charge in [0.15, 0.2) is 5.69 Å². The quantitative estimate of drug-likeness (QED) is 0.318. The smallest absolute Gasteiger partial charge is 0.268 e. The first-order valence-electron chi connectivity index (χ1n) is 2.49. The summed E-state index contributed by atoms with van der Waals surface area (Å²) in [6.07, 6.45) is 1.47. The fourth-order valence-electron chi connectivity index (χ4n) is 0.493. The van der Waals surface area contributed by atoms with Crippen molar-refractivity contribution in [2.24, 2.45) is 0 Å². The summed E-state index contributed by atoms with van der Waals surface area (Å²) in [5, 5.41) is 0.488. The molecule has 48 valence electrons. The third-order valence-corrected chi connectivity index (χ3v) is 1.26. The van der Waals surface area contributed by atoms with E-state index in [0.29, 0.717) is 5.15 Å². The minimum atomic E-state index is 0.488. The van der Waals surface area contributed by atoms with Gasteiger partial charge in [-0.1, -0.05) is 4.98 Å². The average Bonchev–Trinajstić information content (AvgIpc) is 1.80. The van der Waals surface area contributed by atoms with Crippen LogP contribution in [0.1, 0.15) is 5.69 Å². The molecule has 1 heterocycles. The predicted octanol–water partition coefficient (Wildman–Crippen LogP) is 0.0447. The Morgan fingerprint density at radius 2 is 2.44 bits per heavy atom. The second kappa shape index (κ2) is 2.19. The van der Waals surface area contributed by atoms with Gasteiger partial charge in [-0.15, -0.1) is 4.68 Å². The Morgan fingerprint density at radius 3 is 2.89 bits per heavy atom. The molecule has 1 aromatic rings. The molecule has 0 aromatic carbocycles. The second-order valence-electron chi connectivity index (χ2n) is 1.76. The van der Waals surface area contributed by atoms with Crippen molar-refractivity contribution in [2.45, 2.75) is 6.92 Å². The predicted molar refractivity (Wildman–Crippen MR) is 34.3 cm³/mol. The number of rotatable bonds is 0. The van der Waals surface area contributed by atoms with E-state index in [9.17, 15) is 0 Å². The summed E-state index contributed by atoms with van der Waals surface area (Å²) in [5.41, 5.74) is 0.863. The molecule has 1 rings (SSSR count). The molecule has 0 aliphatic heterocycles. The molecule has 0 saturated carbocycles. The highest BCUT2D eigenvalue weighted by atomic mass is 35.5. The van der Waals surface area contributed by atoms with Crippen molar-refractivity contribution in [1.82, 2.24) is 4.98 Å². The Balaban J connectivity index is 3.17. The summed E-state index contributed by atoms with van der Waals surface area (Å²) in [6.45, 7) is 1.85. The monoisotopic (exact) mass is 144 g/mol. The lowest BCUT2D eigenvalue weighted by Gasteiger charge is -1.89. The lowest BCUT2D eigenvalue weighted by atomic mass is 10.5. The molecule has 3 nitrogen and oxygen atoms in total. The van der Waals surface area contributed by atoms with E-state index < -0.39 is 0 Å². The summed E-state index contributed by atoms with van der Waals surface area (Å²) in [6, 6.07) is 1.70. The molecule has 0 aliphatic carbocycles. The van der Waals surface area contributed by atoms with Crippen LogP contribution in [-0.4, -0.2) is 4.98 Å². The normalized spacial score (nSPS) is 9.56. The van der Waals surface area contributed by atoms with Gasteiger partial charge in [0.25, 0.3) is 0 Å². The first-order chi connectivity index (χ1) is 4.20. The molecule has 0 radical (unpaired) electrons. The number of aryl methyl sites for hydroxylation is 1. The molecule has 0 bridgehead atoms. The molecule has 0 aliphatic rings. The van der Waals surface area contributed by atoms with Gasteiger partial charge in [-0.3, -0.25) is 5.84 Å². The third kappa shape index (κ3) is 1.29. The van der Waals surface area contributed by atoms with Crippen molar-refractivity contribution in [3.63, 3.8) is 0 Å². The molecule has 4 heteroatoms. The molecule has 1 aromatic heterocycles. The lowest BCUT2D eigenvalue weighted by molar-refractivity contribution is -0.639. The van der Waals surface area contributed by atoms with E-state index in [0.717, 1.165) is 5.69 Å². The van der Waals surface area contributed by atoms with Crippen molar-refractivity contribution in [2.75, 3.05) is 5.84 Å². The SMILES string of the molecule is Cc1cc(Cl)[n+](N)cn1. The van der Waals surface area contributed by atoms with E-state index in [1.165, 1.54) is 11.0 Å². The van der Waals surface area contributed by atoms with Crippen LogP contribution >= 0.6 is 11.6 Å². The van der Waals surface area contributed by atoms with Crippen molar-refractivity contribution < 1.29 is 4.68 Å². The molecule has 2 N–H and O–H groups in total. The molecule has 0 atom stereocenters. The zero-order valence-electron chi connectivity index (χ0n) is 5.00. The standard InChI is InChI=1S/C5H7ClN3/c1-4-2-5(6)9(7)3-8-4/h2-3H,7H2,1H3/q+1. The average molecular weight is 145 g/mol. The Bertz CT molecular complexity index is 223. The highest BCUT2D eigenvalue weighted by Crippen LogP contribution is 1.98. The van der Waals surface area contributed by atoms with Crippen LogP contribution in [0.15, 0.2) is 12.4 Å². The van der Waals surface area contributed by atoms with E-state index in [2.05, 4.69) is 4.98 Å². The number of nitrogen functional groups attached to an aromatic ring is 1. The number of aromatic nitrogens is 2. The number of nitrogens with zero attached hydrogens (tertiary/aromatic N) is 2.